The maximum Gasteiger partial charge on any atom is 0.245 e. The van der Waals surface area contributed by atoms with Gasteiger partial charge in [0.1, 0.15) is 5.54 Å². The SMILES string of the molecule is CC1(C)C(=O)NCCN1C(=O)CCC1CCNCC1.Cl. The smallest absolute Gasteiger partial charge is 0.245 e. The Morgan fingerprint density at radius 2 is 1.95 bits per heavy atom. The first-order valence-corrected chi connectivity index (χ1v) is 7.31. The number of halogens is 1. The van der Waals surface area contributed by atoms with E-state index in [2.05, 4.69) is 10.6 Å². The van der Waals surface area contributed by atoms with Gasteiger partial charge in [0.05, 0.1) is 0 Å². The zero-order valence-corrected chi connectivity index (χ0v) is 13.2. The van der Waals surface area contributed by atoms with Crippen LogP contribution in [-0.2, 0) is 9.59 Å². The molecule has 0 bridgehead atoms. The van der Waals surface area contributed by atoms with Gasteiger partial charge in [0, 0.05) is 19.5 Å². The Morgan fingerprint density at radius 3 is 2.60 bits per heavy atom. The third kappa shape index (κ3) is 3.85. The highest BCUT2D eigenvalue weighted by molar-refractivity contribution is 5.91. The summed E-state index contributed by atoms with van der Waals surface area (Å²) in [6.07, 6.45) is 3.85. The third-order valence-corrected chi connectivity index (χ3v) is 4.38. The van der Waals surface area contributed by atoms with Crippen LogP contribution in [0, 0.1) is 5.92 Å². The average Bonchev–Trinajstić information content (AvgIpc) is 2.40. The molecule has 2 N–H and O–H groups in total. The van der Waals surface area contributed by atoms with Crippen LogP contribution in [0.5, 0.6) is 0 Å². The molecule has 20 heavy (non-hydrogen) atoms. The molecule has 5 nitrogen and oxygen atoms in total. The van der Waals surface area contributed by atoms with Gasteiger partial charge in [-0.25, -0.2) is 0 Å². The zero-order chi connectivity index (χ0) is 13.9. The van der Waals surface area contributed by atoms with Crippen molar-refractivity contribution in [2.75, 3.05) is 26.2 Å². The lowest BCUT2D eigenvalue weighted by atomic mass is 9.92. The highest BCUT2D eigenvalue weighted by atomic mass is 35.5. The van der Waals surface area contributed by atoms with Gasteiger partial charge in [-0.3, -0.25) is 9.59 Å². The summed E-state index contributed by atoms with van der Waals surface area (Å²) in [5.41, 5.74) is -0.705. The van der Waals surface area contributed by atoms with Crippen LogP contribution in [0.2, 0.25) is 0 Å². The van der Waals surface area contributed by atoms with E-state index in [1.165, 1.54) is 0 Å². The second-order valence-electron chi connectivity index (χ2n) is 6.09. The molecule has 2 saturated heterocycles. The Morgan fingerprint density at radius 1 is 1.30 bits per heavy atom. The molecule has 0 spiro atoms. The van der Waals surface area contributed by atoms with Gasteiger partial charge >= 0.3 is 0 Å². The molecular weight excluding hydrogens is 278 g/mol. The highest BCUT2D eigenvalue weighted by Gasteiger charge is 2.40. The number of nitrogens with one attached hydrogen (secondary N) is 2. The first-order valence-electron chi connectivity index (χ1n) is 7.31. The molecule has 0 radical (unpaired) electrons. The van der Waals surface area contributed by atoms with E-state index >= 15 is 0 Å². The summed E-state index contributed by atoms with van der Waals surface area (Å²) in [5, 5.41) is 6.16. The number of rotatable bonds is 3. The van der Waals surface area contributed by atoms with E-state index < -0.39 is 5.54 Å². The Hall–Kier alpha value is -0.810. The van der Waals surface area contributed by atoms with E-state index in [0.29, 0.717) is 25.4 Å². The number of carbonyl (C=O) groups excluding carboxylic acids is 2. The topological polar surface area (TPSA) is 61.4 Å². The molecule has 0 saturated carbocycles. The molecule has 2 heterocycles. The van der Waals surface area contributed by atoms with Crippen LogP contribution in [0.25, 0.3) is 0 Å². The van der Waals surface area contributed by atoms with E-state index in [-0.39, 0.29) is 24.2 Å². The van der Waals surface area contributed by atoms with Crippen LogP contribution < -0.4 is 10.6 Å². The fourth-order valence-electron chi connectivity index (χ4n) is 2.97. The largest absolute Gasteiger partial charge is 0.352 e. The Labute approximate surface area is 127 Å². The number of amides is 2. The molecule has 6 heteroatoms. The maximum atomic E-state index is 12.3. The maximum absolute atomic E-state index is 12.3. The molecule has 0 aromatic rings. The zero-order valence-electron chi connectivity index (χ0n) is 12.4. The summed E-state index contributed by atoms with van der Waals surface area (Å²) in [5.74, 6) is 0.735. The fourth-order valence-corrected chi connectivity index (χ4v) is 2.97. The molecule has 0 atom stereocenters. The summed E-state index contributed by atoms with van der Waals surface area (Å²) in [6.45, 7) is 6.98. The van der Waals surface area contributed by atoms with E-state index in [1.54, 1.807) is 4.90 Å². The quantitative estimate of drug-likeness (QED) is 0.815. The molecule has 0 aliphatic carbocycles. The number of nitrogens with zero attached hydrogens (tertiary/aromatic N) is 1. The Kier molecular flexibility index (Phi) is 6.27. The molecule has 2 aliphatic heterocycles. The molecule has 0 aromatic carbocycles. The molecule has 116 valence electrons. The van der Waals surface area contributed by atoms with E-state index in [0.717, 1.165) is 32.4 Å². The van der Waals surface area contributed by atoms with Crippen molar-refractivity contribution in [3.8, 4) is 0 Å². The standard InChI is InChI=1S/C14H25N3O2.ClH/c1-14(2)13(19)16-9-10-17(14)12(18)4-3-11-5-7-15-8-6-11;/h11,15H,3-10H2,1-2H3,(H,16,19);1H. The van der Waals surface area contributed by atoms with Crippen molar-refractivity contribution in [3.63, 3.8) is 0 Å². The summed E-state index contributed by atoms with van der Waals surface area (Å²) >= 11 is 0. The predicted octanol–water partition coefficient (Wildman–Crippen LogP) is 0.925. The summed E-state index contributed by atoms with van der Waals surface area (Å²) in [6, 6.07) is 0. The van der Waals surface area contributed by atoms with Crippen molar-refractivity contribution >= 4 is 24.2 Å². The molecule has 0 aromatic heterocycles. The number of hydrogen-bond donors (Lipinski definition) is 2. The summed E-state index contributed by atoms with van der Waals surface area (Å²) in [4.78, 5) is 25.9. The molecule has 0 unspecified atom stereocenters. The normalized spacial score (nSPS) is 22.9. The second kappa shape index (κ2) is 7.27. The van der Waals surface area contributed by atoms with Crippen molar-refractivity contribution in [1.82, 2.24) is 15.5 Å². The monoisotopic (exact) mass is 303 g/mol. The van der Waals surface area contributed by atoms with E-state index in [1.807, 2.05) is 13.8 Å². The first kappa shape index (κ1) is 17.2. The van der Waals surface area contributed by atoms with Gasteiger partial charge in [0.15, 0.2) is 0 Å². The summed E-state index contributed by atoms with van der Waals surface area (Å²) in [7, 11) is 0. The number of hydrogen-bond acceptors (Lipinski definition) is 3. The molecule has 2 rings (SSSR count). The van der Waals surface area contributed by atoms with Gasteiger partial charge in [0.25, 0.3) is 0 Å². The highest BCUT2D eigenvalue weighted by Crippen LogP contribution is 2.22. The van der Waals surface area contributed by atoms with Crippen molar-refractivity contribution in [1.29, 1.82) is 0 Å². The lowest BCUT2D eigenvalue weighted by Gasteiger charge is -2.41. The Balaban J connectivity index is 0.00000200. The molecule has 2 amide bonds. The number of piperazine rings is 1. The Bertz CT molecular complexity index is 354. The predicted molar refractivity (Wildman–Crippen MR) is 80.9 cm³/mol. The average molecular weight is 304 g/mol. The van der Waals surface area contributed by atoms with Gasteiger partial charge in [-0.15, -0.1) is 12.4 Å². The fraction of sp³-hybridized carbons (Fsp3) is 0.857. The first-order chi connectivity index (χ1) is 9.01. The lowest BCUT2D eigenvalue weighted by molar-refractivity contribution is -0.149. The minimum atomic E-state index is -0.705. The van der Waals surface area contributed by atoms with Crippen LogP contribution in [0.15, 0.2) is 0 Å². The van der Waals surface area contributed by atoms with Gasteiger partial charge in [-0.2, -0.15) is 0 Å². The van der Waals surface area contributed by atoms with E-state index in [9.17, 15) is 9.59 Å². The lowest BCUT2D eigenvalue weighted by Crippen LogP contribution is -2.63. The van der Waals surface area contributed by atoms with Crippen molar-refractivity contribution < 1.29 is 9.59 Å². The van der Waals surface area contributed by atoms with Gasteiger partial charge < -0.3 is 15.5 Å². The number of carbonyl (C=O) groups is 2. The van der Waals surface area contributed by atoms with Crippen LogP contribution in [0.1, 0.15) is 39.5 Å². The minimum absolute atomic E-state index is 0. The molecule has 2 fully saturated rings. The van der Waals surface area contributed by atoms with E-state index in [4.69, 9.17) is 0 Å². The molecular formula is C14H26ClN3O2. The van der Waals surface area contributed by atoms with Gasteiger partial charge in [-0.05, 0) is 52.1 Å². The van der Waals surface area contributed by atoms with Gasteiger partial charge in [0.2, 0.25) is 11.8 Å². The van der Waals surface area contributed by atoms with Crippen LogP contribution >= 0.6 is 12.4 Å². The second-order valence-corrected chi connectivity index (χ2v) is 6.09. The molecule has 2 aliphatic rings. The van der Waals surface area contributed by atoms with Gasteiger partial charge in [-0.1, -0.05) is 0 Å². The van der Waals surface area contributed by atoms with Crippen LogP contribution in [0.4, 0.5) is 0 Å². The van der Waals surface area contributed by atoms with Crippen molar-refractivity contribution in [2.45, 2.75) is 45.1 Å². The number of piperidine rings is 1. The van der Waals surface area contributed by atoms with Crippen molar-refractivity contribution in [2.24, 2.45) is 5.92 Å². The van der Waals surface area contributed by atoms with Crippen LogP contribution in [-0.4, -0.2) is 48.4 Å². The van der Waals surface area contributed by atoms with Crippen LogP contribution in [0.3, 0.4) is 0 Å². The summed E-state index contributed by atoms with van der Waals surface area (Å²) < 4.78 is 0. The third-order valence-electron chi connectivity index (χ3n) is 4.38. The van der Waals surface area contributed by atoms with Crippen molar-refractivity contribution in [3.05, 3.63) is 0 Å². The minimum Gasteiger partial charge on any atom is -0.352 e.